The van der Waals surface area contributed by atoms with Crippen LogP contribution in [0.5, 0.6) is 0 Å². The molecule has 0 aliphatic carbocycles. The molecule has 0 aromatic carbocycles. The van der Waals surface area contributed by atoms with Gasteiger partial charge in [0, 0.05) is 33.2 Å². The van der Waals surface area contributed by atoms with Crippen molar-refractivity contribution in [3.05, 3.63) is 0 Å². The lowest BCUT2D eigenvalue weighted by atomic mass is 10.1. The molecule has 0 saturated carbocycles. The zero-order valence-electron chi connectivity index (χ0n) is 11.0. The minimum Gasteiger partial charge on any atom is -0.344 e. The smallest absolute Gasteiger partial charge is 0.240 e. The summed E-state index contributed by atoms with van der Waals surface area (Å²) in [4.78, 5) is 16.2. The second-order valence-corrected chi connectivity index (χ2v) is 5.21. The van der Waals surface area contributed by atoms with E-state index < -0.39 is 0 Å². The third kappa shape index (κ3) is 4.10. The van der Waals surface area contributed by atoms with Gasteiger partial charge >= 0.3 is 0 Å². The molecule has 1 rings (SSSR count). The van der Waals surface area contributed by atoms with Gasteiger partial charge in [-0.1, -0.05) is 13.8 Å². The van der Waals surface area contributed by atoms with E-state index in [0.29, 0.717) is 5.92 Å². The summed E-state index contributed by atoms with van der Waals surface area (Å²) in [6.07, 6.45) is 1.07. The Bertz CT molecular complexity index is 230. The summed E-state index contributed by atoms with van der Waals surface area (Å²) >= 11 is 0. The third-order valence-corrected chi connectivity index (χ3v) is 3.09. The number of amides is 1. The minimum atomic E-state index is -0.0177. The fraction of sp³-hybridized carbons (Fsp3) is 0.917. The fourth-order valence-electron chi connectivity index (χ4n) is 1.89. The van der Waals surface area contributed by atoms with Gasteiger partial charge in [-0.15, -0.1) is 0 Å². The molecular formula is C12H25N3O. The second kappa shape index (κ2) is 6.21. The molecule has 0 radical (unpaired) electrons. The van der Waals surface area contributed by atoms with Crippen molar-refractivity contribution in [1.82, 2.24) is 15.1 Å². The van der Waals surface area contributed by atoms with Gasteiger partial charge in [0.15, 0.2) is 0 Å². The largest absolute Gasteiger partial charge is 0.344 e. The average molecular weight is 227 g/mol. The summed E-state index contributed by atoms with van der Waals surface area (Å²) < 4.78 is 0. The van der Waals surface area contributed by atoms with Gasteiger partial charge in [0.2, 0.25) is 5.91 Å². The maximum Gasteiger partial charge on any atom is 0.240 e. The summed E-state index contributed by atoms with van der Waals surface area (Å²) in [5.74, 6) is 0.879. The van der Waals surface area contributed by atoms with Crippen molar-refractivity contribution in [2.45, 2.75) is 26.3 Å². The van der Waals surface area contributed by atoms with E-state index in [-0.39, 0.29) is 11.9 Å². The first-order valence-corrected chi connectivity index (χ1v) is 6.17. The average Bonchev–Trinajstić information content (AvgIpc) is 2.24. The van der Waals surface area contributed by atoms with Crippen LogP contribution in [0.3, 0.4) is 0 Å². The van der Waals surface area contributed by atoms with Crippen LogP contribution < -0.4 is 5.32 Å². The van der Waals surface area contributed by atoms with Crippen LogP contribution in [0.4, 0.5) is 0 Å². The molecule has 0 bridgehead atoms. The fourth-order valence-corrected chi connectivity index (χ4v) is 1.89. The van der Waals surface area contributed by atoms with Crippen molar-refractivity contribution in [3.63, 3.8) is 0 Å². The third-order valence-electron chi connectivity index (χ3n) is 3.09. The van der Waals surface area contributed by atoms with E-state index >= 15 is 0 Å². The molecule has 1 heterocycles. The van der Waals surface area contributed by atoms with Crippen LogP contribution >= 0.6 is 0 Å². The summed E-state index contributed by atoms with van der Waals surface area (Å²) in [5, 5.41) is 3.28. The van der Waals surface area contributed by atoms with Crippen LogP contribution in [0.2, 0.25) is 0 Å². The number of nitrogens with zero attached hydrogens (tertiary/aromatic N) is 2. The molecule has 0 spiro atoms. The summed E-state index contributed by atoms with van der Waals surface area (Å²) in [6, 6.07) is -0.0177. The van der Waals surface area contributed by atoms with Gasteiger partial charge in [-0.3, -0.25) is 4.79 Å². The Hall–Kier alpha value is -0.610. The van der Waals surface area contributed by atoms with Gasteiger partial charge in [-0.05, 0) is 19.4 Å². The maximum absolute atomic E-state index is 12.1. The molecular weight excluding hydrogens is 202 g/mol. The van der Waals surface area contributed by atoms with Crippen molar-refractivity contribution in [3.8, 4) is 0 Å². The summed E-state index contributed by atoms with van der Waals surface area (Å²) in [6.45, 7) is 7.99. The summed E-state index contributed by atoms with van der Waals surface area (Å²) in [5.41, 5.74) is 0. The van der Waals surface area contributed by atoms with Crippen LogP contribution in [-0.4, -0.2) is 62.0 Å². The van der Waals surface area contributed by atoms with Gasteiger partial charge in [-0.2, -0.15) is 0 Å². The first-order chi connectivity index (χ1) is 7.50. The molecule has 0 aromatic rings. The molecule has 1 aliphatic heterocycles. The number of carbonyl (C=O) groups is 1. The van der Waals surface area contributed by atoms with E-state index in [1.165, 1.54) is 0 Å². The standard InChI is InChI=1S/C12H25N3O/c1-10(2)5-7-15(4)12(16)11-9-14(3)8-6-13-11/h10-11,13H,5-9H2,1-4H3. The molecule has 1 saturated heterocycles. The van der Waals surface area contributed by atoms with Crippen LogP contribution in [0.15, 0.2) is 0 Å². The molecule has 1 amide bonds. The topological polar surface area (TPSA) is 35.6 Å². The van der Waals surface area contributed by atoms with Crippen molar-refractivity contribution in [1.29, 1.82) is 0 Å². The van der Waals surface area contributed by atoms with E-state index in [0.717, 1.165) is 32.6 Å². The first-order valence-electron chi connectivity index (χ1n) is 6.17. The highest BCUT2D eigenvalue weighted by atomic mass is 16.2. The Balaban J connectivity index is 2.37. The molecule has 1 aliphatic rings. The number of piperazine rings is 1. The molecule has 4 heteroatoms. The molecule has 1 atom stereocenters. The van der Waals surface area contributed by atoms with E-state index in [2.05, 4.69) is 31.1 Å². The number of hydrogen-bond acceptors (Lipinski definition) is 3. The zero-order valence-corrected chi connectivity index (χ0v) is 11.0. The Morgan fingerprint density at radius 1 is 1.56 bits per heavy atom. The highest BCUT2D eigenvalue weighted by Crippen LogP contribution is 2.04. The van der Waals surface area contributed by atoms with Gasteiger partial charge < -0.3 is 15.1 Å². The Kier molecular flexibility index (Phi) is 5.22. The Morgan fingerprint density at radius 3 is 2.81 bits per heavy atom. The van der Waals surface area contributed by atoms with Crippen molar-refractivity contribution in [2.24, 2.45) is 5.92 Å². The lowest BCUT2D eigenvalue weighted by Gasteiger charge is -2.32. The monoisotopic (exact) mass is 227 g/mol. The number of likely N-dealkylation sites (N-methyl/N-ethyl adjacent to an activating group) is 2. The van der Waals surface area contributed by atoms with Crippen LogP contribution in [0.1, 0.15) is 20.3 Å². The summed E-state index contributed by atoms with van der Waals surface area (Å²) in [7, 11) is 3.97. The maximum atomic E-state index is 12.1. The quantitative estimate of drug-likeness (QED) is 0.755. The molecule has 4 nitrogen and oxygen atoms in total. The van der Waals surface area contributed by atoms with Gasteiger partial charge in [0.05, 0.1) is 6.04 Å². The molecule has 1 N–H and O–H groups in total. The normalized spacial score (nSPS) is 22.4. The Labute approximate surface area is 99.0 Å². The predicted octanol–water partition coefficient (Wildman–Crippen LogP) is 0.395. The molecule has 0 aromatic heterocycles. The van der Waals surface area contributed by atoms with Crippen molar-refractivity contribution >= 4 is 5.91 Å². The molecule has 1 fully saturated rings. The highest BCUT2D eigenvalue weighted by Gasteiger charge is 2.25. The molecule has 94 valence electrons. The molecule has 16 heavy (non-hydrogen) atoms. The van der Waals surface area contributed by atoms with Gasteiger partial charge in [0.1, 0.15) is 0 Å². The van der Waals surface area contributed by atoms with Gasteiger partial charge in [-0.25, -0.2) is 0 Å². The predicted molar refractivity (Wildman–Crippen MR) is 66.4 cm³/mol. The Morgan fingerprint density at radius 2 is 2.25 bits per heavy atom. The van der Waals surface area contributed by atoms with E-state index in [1.807, 2.05) is 11.9 Å². The SMILES string of the molecule is CC(C)CCN(C)C(=O)C1CN(C)CCN1. The second-order valence-electron chi connectivity index (χ2n) is 5.21. The van der Waals surface area contributed by atoms with Crippen LogP contribution in [0.25, 0.3) is 0 Å². The highest BCUT2D eigenvalue weighted by molar-refractivity contribution is 5.82. The van der Waals surface area contributed by atoms with Crippen LogP contribution in [-0.2, 0) is 4.79 Å². The number of rotatable bonds is 4. The van der Waals surface area contributed by atoms with E-state index in [1.54, 1.807) is 0 Å². The molecule has 1 unspecified atom stereocenters. The first kappa shape index (κ1) is 13.5. The lowest BCUT2D eigenvalue weighted by molar-refractivity contribution is -0.133. The van der Waals surface area contributed by atoms with Crippen molar-refractivity contribution in [2.75, 3.05) is 40.3 Å². The number of hydrogen-bond donors (Lipinski definition) is 1. The van der Waals surface area contributed by atoms with Crippen LogP contribution in [0, 0.1) is 5.92 Å². The van der Waals surface area contributed by atoms with Gasteiger partial charge in [0.25, 0.3) is 0 Å². The zero-order chi connectivity index (χ0) is 12.1. The number of nitrogens with one attached hydrogen (secondary N) is 1. The minimum absolute atomic E-state index is 0.0177. The van der Waals surface area contributed by atoms with E-state index in [4.69, 9.17) is 0 Å². The lowest BCUT2D eigenvalue weighted by Crippen LogP contribution is -2.56. The van der Waals surface area contributed by atoms with Crippen molar-refractivity contribution < 1.29 is 4.79 Å². The van der Waals surface area contributed by atoms with E-state index in [9.17, 15) is 4.79 Å². The number of carbonyl (C=O) groups excluding carboxylic acids is 1.